The molecule has 6 nitrogen and oxygen atoms in total. The molecule has 0 aliphatic carbocycles. The van der Waals surface area contributed by atoms with Crippen LogP contribution in [0.3, 0.4) is 0 Å². The van der Waals surface area contributed by atoms with Crippen LogP contribution in [-0.4, -0.2) is 24.1 Å². The molecule has 1 heterocycles. The lowest BCUT2D eigenvalue weighted by atomic mass is 10.1. The molecule has 0 aliphatic heterocycles. The lowest BCUT2D eigenvalue weighted by molar-refractivity contribution is 0.0950. The molecule has 4 rings (SSSR count). The molecule has 0 spiro atoms. The zero-order valence-corrected chi connectivity index (χ0v) is 18.8. The lowest BCUT2D eigenvalue weighted by Crippen LogP contribution is -2.23. The molecule has 0 aliphatic rings. The minimum absolute atomic E-state index is 0.114. The third kappa shape index (κ3) is 4.57. The number of aromatic nitrogens is 2. The first-order valence-corrected chi connectivity index (χ1v) is 12.1. The Morgan fingerprint density at radius 3 is 2.28 bits per heavy atom. The molecular formula is C25H25N3O3S. The Kier molecular flexibility index (Phi) is 6.10. The van der Waals surface area contributed by atoms with Crippen LogP contribution >= 0.6 is 0 Å². The molecule has 1 N–H and O–H groups in total. The summed E-state index contributed by atoms with van der Waals surface area (Å²) in [5.41, 5.74) is 2.95. The van der Waals surface area contributed by atoms with E-state index in [9.17, 15) is 13.2 Å². The van der Waals surface area contributed by atoms with Crippen molar-refractivity contribution in [2.75, 3.05) is 0 Å². The molecule has 3 aromatic carbocycles. The normalized spacial score (nSPS) is 11.7. The van der Waals surface area contributed by atoms with Crippen molar-refractivity contribution in [3.05, 3.63) is 95.7 Å². The fourth-order valence-electron chi connectivity index (χ4n) is 3.63. The van der Waals surface area contributed by atoms with Crippen molar-refractivity contribution in [2.45, 2.75) is 37.1 Å². The van der Waals surface area contributed by atoms with Gasteiger partial charge in [-0.25, -0.2) is 8.42 Å². The summed E-state index contributed by atoms with van der Waals surface area (Å²) in [6, 6.07) is 23.2. The third-order valence-corrected chi connectivity index (χ3v) is 6.97. The molecule has 0 bridgehead atoms. The Hall–Kier alpha value is -3.45. The van der Waals surface area contributed by atoms with Gasteiger partial charge in [-0.1, -0.05) is 48.5 Å². The van der Waals surface area contributed by atoms with Gasteiger partial charge in [0, 0.05) is 17.0 Å². The molecule has 0 saturated carbocycles. The first-order valence-electron chi connectivity index (χ1n) is 10.5. The molecule has 1 aromatic heterocycles. The van der Waals surface area contributed by atoms with E-state index in [1.54, 1.807) is 54.6 Å². The Labute approximate surface area is 187 Å². The minimum Gasteiger partial charge on any atom is -0.346 e. The second kappa shape index (κ2) is 8.96. The van der Waals surface area contributed by atoms with Crippen LogP contribution in [0.5, 0.6) is 0 Å². The maximum Gasteiger partial charge on any atom is 0.251 e. The Balaban J connectivity index is 1.44. The van der Waals surface area contributed by atoms with Crippen LogP contribution in [0.1, 0.15) is 41.5 Å². The van der Waals surface area contributed by atoms with Crippen LogP contribution in [0, 0.1) is 0 Å². The molecule has 7 heteroatoms. The van der Waals surface area contributed by atoms with Gasteiger partial charge in [-0.05, 0) is 49.7 Å². The molecule has 32 heavy (non-hydrogen) atoms. The zero-order chi connectivity index (χ0) is 22.7. The highest BCUT2D eigenvalue weighted by molar-refractivity contribution is 7.90. The number of nitrogens with one attached hydrogen (secondary N) is 1. The minimum atomic E-state index is -3.43. The SMILES string of the molecule is CC(C)n1nc(CNC(=O)c2ccc(CS(=O)(=O)c3ccccc3)cc2)c2ccccc21. The summed E-state index contributed by atoms with van der Waals surface area (Å²) in [7, 11) is -3.43. The van der Waals surface area contributed by atoms with Gasteiger partial charge >= 0.3 is 0 Å². The van der Waals surface area contributed by atoms with Crippen molar-refractivity contribution in [2.24, 2.45) is 0 Å². The van der Waals surface area contributed by atoms with E-state index in [2.05, 4.69) is 24.3 Å². The number of amides is 1. The summed E-state index contributed by atoms with van der Waals surface area (Å²) >= 11 is 0. The van der Waals surface area contributed by atoms with Crippen LogP contribution in [0.4, 0.5) is 0 Å². The van der Waals surface area contributed by atoms with E-state index in [1.165, 1.54) is 0 Å². The van der Waals surface area contributed by atoms with E-state index in [0.29, 0.717) is 17.7 Å². The number of hydrogen-bond acceptors (Lipinski definition) is 4. The average molecular weight is 448 g/mol. The fraction of sp³-hybridized carbons (Fsp3) is 0.200. The molecule has 0 atom stereocenters. The standard InChI is InChI=1S/C25H25N3O3S/c1-18(2)28-24-11-7-6-10-22(24)23(27-28)16-26-25(29)20-14-12-19(13-15-20)17-32(30,31)21-8-4-3-5-9-21/h3-15,18H,16-17H2,1-2H3,(H,26,29). The molecule has 0 unspecified atom stereocenters. The van der Waals surface area contributed by atoms with Gasteiger partial charge < -0.3 is 5.32 Å². The first-order chi connectivity index (χ1) is 15.3. The van der Waals surface area contributed by atoms with Gasteiger partial charge in [-0.15, -0.1) is 0 Å². The molecule has 0 fully saturated rings. The number of benzene rings is 3. The number of rotatable bonds is 7. The van der Waals surface area contributed by atoms with Crippen LogP contribution in [-0.2, 0) is 22.1 Å². The average Bonchev–Trinajstić information content (AvgIpc) is 3.17. The number of fused-ring (bicyclic) bond motifs is 1. The van der Waals surface area contributed by atoms with Crippen molar-refractivity contribution in [3.8, 4) is 0 Å². The van der Waals surface area contributed by atoms with Crippen molar-refractivity contribution < 1.29 is 13.2 Å². The molecule has 164 valence electrons. The van der Waals surface area contributed by atoms with Crippen LogP contribution in [0.25, 0.3) is 10.9 Å². The topological polar surface area (TPSA) is 81.1 Å². The van der Waals surface area contributed by atoms with E-state index >= 15 is 0 Å². The van der Waals surface area contributed by atoms with Gasteiger partial charge in [0.2, 0.25) is 0 Å². The maximum absolute atomic E-state index is 12.6. The quantitative estimate of drug-likeness (QED) is 0.452. The van der Waals surface area contributed by atoms with Gasteiger partial charge in [-0.2, -0.15) is 5.10 Å². The highest BCUT2D eigenvalue weighted by atomic mass is 32.2. The second-order valence-corrected chi connectivity index (χ2v) is 9.94. The monoisotopic (exact) mass is 447 g/mol. The highest BCUT2D eigenvalue weighted by Gasteiger charge is 2.16. The molecular weight excluding hydrogens is 422 g/mol. The Morgan fingerprint density at radius 1 is 0.938 bits per heavy atom. The van der Waals surface area contributed by atoms with Crippen molar-refractivity contribution in [3.63, 3.8) is 0 Å². The number of carbonyl (C=O) groups excluding carboxylic acids is 1. The molecule has 0 saturated heterocycles. The third-order valence-electron chi connectivity index (χ3n) is 5.27. The van der Waals surface area contributed by atoms with Gasteiger partial charge in [0.05, 0.1) is 28.4 Å². The Bertz CT molecular complexity index is 1340. The van der Waals surface area contributed by atoms with E-state index in [0.717, 1.165) is 16.6 Å². The van der Waals surface area contributed by atoms with Crippen LogP contribution in [0.15, 0.2) is 83.8 Å². The molecule has 4 aromatic rings. The number of hydrogen-bond donors (Lipinski definition) is 1. The van der Waals surface area contributed by atoms with Gasteiger partial charge in [0.1, 0.15) is 0 Å². The van der Waals surface area contributed by atoms with Crippen LogP contribution < -0.4 is 5.32 Å². The van der Waals surface area contributed by atoms with Gasteiger partial charge in [0.15, 0.2) is 9.84 Å². The van der Waals surface area contributed by atoms with E-state index in [-0.39, 0.29) is 22.6 Å². The Morgan fingerprint density at radius 2 is 1.59 bits per heavy atom. The van der Waals surface area contributed by atoms with Gasteiger partial charge in [-0.3, -0.25) is 9.48 Å². The van der Waals surface area contributed by atoms with Crippen molar-refractivity contribution in [1.29, 1.82) is 0 Å². The molecule has 0 radical (unpaired) electrons. The predicted octanol–water partition coefficient (Wildman–Crippen LogP) is 4.52. The van der Waals surface area contributed by atoms with Gasteiger partial charge in [0.25, 0.3) is 5.91 Å². The summed E-state index contributed by atoms with van der Waals surface area (Å²) in [4.78, 5) is 12.9. The summed E-state index contributed by atoms with van der Waals surface area (Å²) in [5.74, 6) is -0.344. The largest absolute Gasteiger partial charge is 0.346 e. The molecule has 1 amide bonds. The predicted molar refractivity (Wildman–Crippen MR) is 125 cm³/mol. The highest BCUT2D eigenvalue weighted by Crippen LogP contribution is 2.22. The number of sulfone groups is 1. The number of nitrogens with zero attached hydrogens (tertiary/aromatic N) is 2. The number of para-hydroxylation sites is 1. The van der Waals surface area contributed by atoms with E-state index in [4.69, 9.17) is 0 Å². The first kappa shape index (κ1) is 21.8. The number of carbonyl (C=O) groups is 1. The summed E-state index contributed by atoms with van der Waals surface area (Å²) in [6.07, 6.45) is 0. The fourth-order valence-corrected chi connectivity index (χ4v) is 5.00. The summed E-state index contributed by atoms with van der Waals surface area (Å²) < 4.78 is 27.1. The van der Waals surface area contributed by atoms with Crippen molar-refractivity contribution >= 4 is 26.6 Å². The van der Waals surface area contributed by atoms with E-state index < -0.39 is 9.84 Å². The van der Waals surface area contributed by atoms with Crippen LogP contribution in [0.2, 0.25) is 0 Å². The smallest absolute Gasteiger partial charge is 0.251 e. The summed E-state index contributed by atoms with van der Waals surface area (Å²) in [5, 5.41) is 8.61. The lowest BCUT2D eigenvalue weighted by Gasteiger charge is -2.07. The maximum atomic E-state index is 12.6. The second-order valence-electron chi connectivity index (χ2n) is 7.95. The summed E-state index contributed by atoms with van der Waals surface area (Å²) in [6.45, 7) is 4.45. The zero-order valence-electron chi connectivity index (χ0n) is 18.0. The van der Waals surface area contributed by atoms with Crippen molar-refractivity contribution in [1.82, 2.24) is 15.1 Å². The van der Waals surface area contributed by atoms with E-state index in [1.807, 2.05) is 28.9 Å².